The highest BCUT2D eigenvalue weighted by Crippen LogP contribution is 2.47. The van der Waals surface area contributed by atoms with Gasteiger partial charge in [0.15, 0.2) is 5.96 Å². The summed E-state index contributed by atoms with van der Waals surface area (Å²) in [5.41, 5.74) is 1.69. The molecule has 0 radical (unpaired) electrons. The SMILES string of the molecule is CN=C(NCCOc1ccccc1)NCC1(c2ccccc2)CC1. The van der Waals surface area contributed by atoms with Gasteiger partial charge in [-0.15, -0.1) is 0 Å². The van der Waals surface area contributed by atoms with Gasteiger partial charge < -0.3 is 15.4 Å². The van der Waals surface area contributed by atoms with Gasteiger partial charge in [0, 0.05) is 19.0 Å². The first kappa shape index (κ1) is 16.4. The van der Waals surface area contributed by atoms with Crippen molar-refractivity contribution in [1.29, 1.82) is 0 Å². The molecule has 4 heteroatoms. The molecule has 1 fully saturated rings. The Kier molecular flexibility index (Phi) is 5.36. The summed E-state index contributed by atoms with van der Waals surface area (Å²) in [5.74, 6) is 1.72. The van der Waals surface area contributed by atoms with Crippen molar-refractivity contribution in [3.8, 4) is 5.75 Å². The summed E-state index contributed by atoms with van der Waals surface area (Å²) in [4.78, 5) is 4.30. The molecular weight excluding hydrogens is 298 g/mol. The summed E-state index contributed by atoms with van der Waals surface area (Å²) in [6, 6.07) is 20.6. The fraction of sp³-hybridized carbons (Fsp3) is 0.350. The fourth-order valence-electron chi connectivity index (χ4n) is 2.84. The van der Waals surface area contributed by atoms with Crippen LogP contribution >= 0.6 is 0 Å². The van der Waals surface area contributed by atoms with Crippen LogP contribution in [-0.4, -0.2) is 32.7 Å². The smallest absolute Gasteiger partial charge is 0.191 e. The van der Waals surface area contributed by atoms with Gasteiger partial charge >= 0.3 is 0 Å². The molecule has 4 nitrogen and oxygen atoms in total. The third-order valence-corrected chi connectivity index (χ3v) is 4.46. The van der Waals surface area contributed by atoms with Crippen LogP contribution in [0.5, 0.6) is 5.75 Å². The zero-order valence-corrected chi connectivity index (χ0v) is 14.2. The van der Waals surface area contributed by atoms with E-state index in [1.165, 1.54) is 18.4 Å². The molecule has 0 spiro atoms. The second-order valence-corrected chi connectivity index (χ2v) is 6.16. The molecule has 0 heterocycles. The summed E-state index contributed by atoms with van der Waals surface area (Å²) < 4.78 is 5.68. The largest absolute Gasteiger partial charge is 0.492 e. The molecule has 1 aliphatic carbocycles. The predicted octanol–water partition coefficient (Wildman–Crippen LogP) is 2.96. The molecule has 126 valence electrons. The minimum Gasteiger partial charge on any atom is -0.492 e. The van der Waals surface area contributed by atoms with Crippen LogP contribution in [0, 0.1) is 0 Å². The molecule has 0 bridgehead atoms. The summed E-state index contributed by atoms with van der Waals surface area (Å²) in [7, 11) is 1.80. The standard InChI is InChI=1S/C20H25N3O/c1-21-19(22-14-15-24-18-10-6-3-7-11-18)23-16-20(12-13-20)17-8-4-2-5-9-17/h2-11H,12-16H2,1H3,(H2,21,22,23). The normalized spacial score (nSPS) is 15.6. The highest BCUT2D eigenvalue weighted by molar-refractivity contribution is 5.79. The highest BCUT2D eigenvalue weighted by atomic mass is 16.5. The van der Waals surface area contributed by atoms with Gasteiger partial charge in [0.05, 0.1) is 6.54 Å². The predicted molar refractivity (Wildman–Crippen MR) is 98.7 cm³/mol. The van der Waals surface area contributed by atoms with Crippen molar-refractivity contribution in [3.63, 3.8) is 0 Å². The third kappa shape index (κ3) is 4.28. The second kappa shape index (κ2) is 7.86. The van der Waals surface area contributed by atoms with Gasteiger partial charge in [-0.3, -0.25) is 4.99 Å². The number of guanidine groups is 1. The molecule has 1 aliphatic rings. The number of benzene rings is 2. The number of nitrogens with zero attached hydrogens (tertiary/aromatic N) is 1. The maximum atomic E-state index is 5.68. The Morgan fingerprint density at radius 3 is 2.29 bits per heavy atom. The summed E-state index contributed by atoms with van der Waals surface area (Å²) in [5, 5.41) is 6.76. The van der Waals surface area contributed by atoms with Gasteiger partial charge in [-0.1, -0.05) is 48.5 Å². The summed E-state index contributed by atoms with van der Waals surface area (Å²) in [6.07, 6.45) is 2.47. The van der Waals surface area contributed by atoms with E-state index in [1.54, 1.807) is 7.05 Å². The quantitative estimate of drug-likeness (QED) is 0.468. The Morgan fingerprint density at radius 2 is 1.67 bits per heavy atom. The lowest BCUT2D eigenvalue weighted by Crippen LogP contribution is -2.42. The van der Waals surface area contributed by atoms with Crippen molar-refractivity contribution in [2.24, 2.45) is 4.99 Å². The van der Waals surface area contributed by atoms with Crippen LogP contribution in [0.4, 0.5) is 0 Å². The third-order valence-electron chi connectivity index (χ3n) is 4.46. The van der Waals surface area contributed by atoms with Crippen molar-refractivity contribution >= 4 is 5.96 Å². The molecule has 1 saturated carbocycles. The Labute approximate surface area is 144 Å². The second-order valence-electron chi connectivity index (χ2n) is 6.16. The topological polar surface area (TPSA) is 45.7 Å². The molecule has 2 aromatic rings. The zero-order valence-electron chi connectivity index (χ0n) is 14.2. The first-order valence-corrected chi connectivity index (χ1v) is 8.50. The lowest BCUT2D eigenvalue weighted by molar-refractivity contribution is 0.322. The molecule has 0 atom stereocenters. The number of aliphatic imine (C=N–C) groups is 1. The minimum absolute atomic E-state index is 0.277. The van der Waals surface area contributed by atoms with Gasteiger partial charge in [0.1, 0.15) is 12.4 Å². The van der Waals surface area contributed by atoms with Gasteiger partial charge in [0.2, 0.25) is 0 Å². The first-order chi connectivity index (χ1) is 11.8. The molecule has 2 aromatic carbocycles. The van der Waals surface area contributed by atoms with Crippen LogP contribution in [0.1, 0.15) is 18.4 Å². The van der Waals surface area contributed by atoms with Crippen molar-refractivity contribution in [1.82, 2.24) is 10.6 Å². The lowest BCUT2D eigenvalue weighted by Gasteiger charge is -2.19. The Balaban J connectivity index is 1.41. The fourth-order valence-corrected chi connectivity index (χ4v) is 2.84. The molecular formula is C20H25N3O. The number of ether oxygens (including phenoxy) is 1. The van der Waals surface area contributed by atoms with E-state index in [2.05, 4.69) is 46.0 Å². The van der Waals surface area contributed by atoms with Crippen LogP contribution in [0.3, 0.4) is 0 Å². The lowest BCUT2D eigenvalue weighted by atomic mass is 9.96. The van der Waals surface area contributed by atoms with E-state index in [1.807, 2.05) is 30.3 Å². The number of hydrogen-bond acceptors (Lipinski definition) is 2. The van der Waals surface area contributed by atoms with E-state index >= 15 is 0 Å². The molecule has 0 aromatic heterocycles. The summed E-state index contributed by atoms with van der Waals surface area (Å²) >= 11 is 0. The van der Waals surface area contributed by atoms with Gasteiger partial charge in [-0.25, -0.2) is 0 Å². The van der Waals surface area contributed by atoms with Gasteiger partial charge in [0.25, 0.3) is 0 Å². The number of para-hydroxylation sites is 1. The van der Waals surface area contributed by atoms with Crippen molar-refractivity contribution < 1.29 is 4.74 Å². The van der Waals surface area contributed by atoms with Crippen molar-refractivity contribution in [3.05, 3.63) is 66.2 Å². The van der Waals surface area contributed by atoms with E-state index in [9.17, 15) is 0 Å². The average Bonchev–Trinajstić information content (AvgIpc) is 3.44. The highest BCUT2D eigenvalue weighted by Gasteiger charge is 2.43. The van der Waals surface area contributed by atoms with Crippen LogP contribution < -0.4 is 15.4 Å². The van der Waals surface area contributed by atoms with E-state index in [-0.39, 0.29) is 5.41 Å². The average molecular weight is 323 g/mol. The number of nitrogens with one attached hydrogen (secondary N) is 2. The Morgan fingerprint density at radius 1 is 1.00 bits per heavy atom. The van der Waals surface area contributed by atoms with Gasteiger partial charge in [-0.05, 0) is 30.5 Å². The van der Waals surface area contributed by atoms with Crippen molar-refractivity contribution in [2.75, 3.05) is 26.7 Å². The monoisotopic (exact) mass is 323 g/mol. The van der Waals surface area contributed by atoms with Crippen LogP contribution in [0.15, 0.2) is 65.7 Å². The van der Waals surface area contributed by atoms with Crippen LogP contribution in [0.25, 0.3) is 0 Å². The molecule has 3 rings (SSSR count). The van der Waals surface area contributed by atoms with E-state index in [4.69, 9.17) is 4.74 Å². The number of hydrogen-bond donors (Lipinski definition) is 2. The Bertz CT molecular complexity index is 651. The minimum atomic E-state index is 0.277. The number of rotatable bonds is 7. The molecule has 2 N–H and O–H groups in total. The van der Waals surface area contributed by atoms with E-state index < -0.39 is 0 Å². The van der Waals surface area contributed by atoms with Crippen LogP contribution in [0.2, 0.25) is 0 Å². The van der Waals surface area contributed by atoms with E-state index in [0.717, 1.165) is 18.3 Å². The first-order valence-electron chi connectivity index (χ1n) is 8.50. The molecule has 0 amide bonds. The molecule has 0 saturated heterocycles. The molecule has 24 heavy (non-hydrogen) atoms. The zero-order chi connectivity index (χ0) is 16.7. The Hall–Kier alpha value is -2.49. The molecule has 0 aliphatic heterocycles. The van der Waals surface area contributed by atoms with Crippen molar-refractivity contribution in [2.45, 2.75) is 18.3 Å². The van der Waals surface area contributed by atoms with E-state index in [0.29, 0.717) is 13.2 Å². The molecule has 0 unspecified atom stereocenters. The maximum Gasteiger partial charge on any atom is 0.191 e. The van der Waals surface area contributed by atoms with Crippen LogP contribution in [-0.2, 0) is 5.41 Å². The summed E-state index contributed by atoms with van der Waals surface area (Å²) in [6.45, 7) is 2.23. The maximum absolute atomic E-state index is 5.68. The van der Waals surface area contributed by atoms with Gasteiger partial charge in [-0.2, -0.15) is 0 Å².